The molecule has 0 heterocycles. The highest BCUT2D eigenvalue weighted by atomic mass is 35.5. The number of carbonyl (C=O) groups is 1. The van der Waals surface area contributed by atoms with E-state index >= 15 is 0 Å². The molecule has 0 aromatic heterocycles. The van der Waals surface area contributed by atoms with Crippen LogP contribution in [-0.2, 0) is 4.79 Å². The van der Waals surface area contributed by atoms with E-state index in [1.165, 1.54) is 0 Å². The van der Waals surface area contributed by atoms with E-state index in [4.69, 9.17) is 5.11 Å². The quantitative estimate of drug-likeness (QED) is 0.618. The van der Waals surface area contributed by atoms with Crippen molar-refractivity contribution >= 4 is 31.0 Å². The molecule has 0 aliphatic rings. The van der Waals surface area contributed by atoms with Gasteiger partial charge >= 0.3 is 5.97 Å². The average molecular weight is 171 g/mol. The van der Waals surface area contributed by atoms with E-state index in [1.54, 1.807) is 13.8 Å². The summed E-state index contributed by atoms with van der Waals surface area (Å²) in [6.45, 7) is 3.54. The topological polar surface area (TPSA) is 37.3 Å². The first-order valence-corrected chi connectivity index (χ1v) is 2.81. The van der Waals surface area contributed by atoms with Gasteiger partial charge in [0.25, 0.3) is 0 Å². The van der Waals surface area contributed by atoms with E-state index in [0.717, 1.165) is 0 Å². The molecule has 56 valence electrons. The Kier molecular flexibility index (Phi) is 5.28. The van der Waals surface area contributed by atoms with Crippen LogP contribution in [0.2, 0.25) is 0 Å². The van der Waals surface area contributed by atoms with Crippen LogP contribution < -0.4 is 0 Å². The van der Waals surface area contributed by atoms with E-state index in [9.17, 15) is 4.79 Å². The summed E-state index contributed by atoms with van der Waals surface area (Å²) in [5.74, 6) is -0.801. The molecule has 0 fully saturated rings. The van der Waals surface area contributed by atoms with Crippen molar-refractivity contribution in [3.05, 3.63) is 0 Å². The SMILES string of the molecule is CC(C)(S)CC(=O)O.Cl. The van der Waals surface area contributed by atoms with Gasteiger partial charge in [-0.1, -0.05) is 13.8 Å². The predicted octanol–water partition coefficient (Wildman–Crippen LogP) is 1.59. The third kappa shape index (κ3) is 11.6. The largest absolute Gasteiger partial charge is 0.481 e. The van der Waals surface area contributed by atoms with Gasteiger partial charge in [-0.15, -0.1) is 12.4 Å². The van der Waals surface area contributed by atoms with Gasteiger partial charge in [0, 0.05) is 4.75 Å². The van der Waals surface area contributed by atoms with Crippen LogP contribution in [0.4, 0.5) is 0 Å². The van der Waals surface area contributed by atoms with Crippen LogP contribution in [0.3, 0.4) is 0 Å². The van der Waals surface area contributed by atoms with E-state index in [0.29, 0.717) is 0 Å². The van der Waals surface area contributed by atoms with Crippen molar-refractivity contribution in [2.75, 3.05) is 0 Å². The fraction of sp³-hybridized carbons (Fsp3) is 0.800. The van der Waals surface area contributed by atoms with Gasteiger partial charge in [0.05, 0.1) is 6.42 Å². The van der Waals surface area contributed by atoms with Gasteiger partial charge in [-0.05, 0) is 0 Å². The first kappa shape index (κ1) is 11.9. The van der Waals surface area contributed by atoms with Crippen molar-refractivity contribution in [3.63, 3.8) is 0 Å². The van der Waals surface area contributed by atoms with Gasteiger partial charge in [0.1, 0.15) is 0 Å². The second kappa shape index (κ2) is 4.01. The molecule has 1 N–H and O–H groups in total. The van der Waals surface area contributed by atoms with Crippen LogP contribution in [0.25, 0.3) is 0 Å². The lowest BCUT2D eigenvalue weighted by Gasteiger charge is -2.12. The minimum absolute atomic E-state index is 0. The molecule has 0 saturated carbocycles. The van der Waals surface area contributed by atoms with Crippen molar-refractivity contribution in [2.45, 2.75) is 25.0 Å². The molecule has 0 amide bonds. The standard InChI is InChI=1S/C5H10O2S.ClH/c1-5(2,8)3-4(6)7;/h8H,3H2,1-2H3,(H,6,7);1H. The van der Waals surface area contributed by atoms with E-state index < -0.39 is 5.97 Å². The molecular formula is C5H11ClO2S. The van der Waals surface area contributed by atoms with E-state index in [2.05, 4.69) is 12.6 Å². The molecule has 4 heteroatoms. The fourth-order valence-corrected chi connectivity index (χ4v) is 0.505. The fourth-order valence-electron chi connectivity index (χ4n) is 0.370. The molecule has 0 rings (SSSR count). The maximum atomic E-state index is 9.97. The third-order valence-electron chi connectivity index (χ3n) is 0.584. The van der Waals surface area contributed by atoms with Gasteiger partial charge in [0.2, 0.25) is 0 Å². The lowest BCUT2D eigenvalue weighted by atomic mass is 10.1. The van der Waals surface area contributed by atoms with Gasteiger partial charge in [0.15, 0.2) is 0 Å². The third-order valence-corrected chi connectivity index (χ3v) is 0.742. The van der Waals surface area contributed by atoms with E-state index in [1.807, 2.05) is 0 Å². The normalized spacial score (nSPS) is 10.1. The Morgan fingerprint density at radius 1 is 1.67 bits per heavy atom. The highest BCUT2D eigenvalue weighted by Crippen LogP contribution is 2.15. The molecule has 0 aromatic carbocycles. The van der Waals surface area contributed by atoms with Gasteiger partial charge < -0.3 is 5.11 Å². The van der Waals surface area contributed by atoms with E-state index in [-0.39, 0.29) is 23.6 Å². The monoisotopic (exact) mass is 170 g/mol. The zero-order valence-corrected chi connectivity index (χ0v) is 7.13. The van der Waals surface area contributed by atoms with Gasteiger partial charge in [-0.25, -0.2) is 0 Å². The number of carboxylic acid groups (broad SMARTS) is 1. The highest BCUT2D eigenvalue weighted by Gasteiger charge is 2.15. The number of thiol groups is 1. The predicted molar refractivity (Wildman–Crippen MR) is 42.6 cm³/mol. The Balaban J connectivity index is 0. The number of halogens is 1. The molecule has 9 heavy (non-hydrogen) atoms. The van der Waals surface area contributed by atoms with Crippen LogP contribution >= 0.6 is 25.0 Å². The van der Waals surface area contributed by atoms with Crippen molar-refractivity contribution < 1.29 is 9.90 Å². The summed E-state index contributed by atoms with van der Waals surface area (Å²) in [5.41, 5.74) is 0. The van der Waals surface area contributed by atoms with Crippen molar-refractivity contribution in [3.8, 4) is 0 Å². The first-order valence-electron chi connectivity index (χ1n) is 2.36. The summed E-state index contributed by atoms with van der Waals surface area (Å²) >= 11 is 4.01. The van der Waals surface area contributed by atoms with Crippen LogP contribution in [-0.4, -0.2) is 15.8 Å². The number of carboxylic acids is 1. The molecular weight excluding hydrogens is 160 g/mol. The lowest BCUT2D eigenvalue weighted by molar-refractivity contribution is -0.137. The highest BCUT2D eigenvalue weighted by molar-refractivity contribution is 7.81. The van der Waals surface area contributed by atoms with Crippen molar-refractivity contribution in [1.82, 2.24) is 0 Å². The molecule has 0 aliphatic heterocycles. The zero-order chi connectivity index (χ0) is 6.78. The molecule has 0 aliphatic carbocycles. The van der Waals surface area contributed by atoms with Gasteiger partial charge in [-0.2, -0.15) is 12.6 Å². The molecule has 0 atom stereocenters. The Labute approximate surface area is 66.5 Å². The summed E-state index contributed by atoms with van der Waals surface area (Å²) in [6, 6.07) is 0. The summed E-state index contributed by atoms with van der Waals surface area (Å²) in [5, 5.41) is 8.20. The van der Waals surface area contributed by atoms with Crippen LogP contribution in [0, 0.1) is 0 Å². The number of rotatable bonds is 2. The van der Waals surface area contributed by atoms with Crippen LogP contribution in [0.5, 0.6) is 0 Å². The second-order valence-electron chi connectivity index (χ2n) is 2.38. The second-order valence-corrected chi connectivity index (χ2v) is 3.59. The zero-order valence-electron chi connectivity index (χ0n) is 5.42. The lowest BCUT2D eigenvalue weighted by Crippen LogP contribution is -2.15. The summed E-state index contributed by atoms with van der Waals surface area (Å²) in [4.78, 5) is 9.97. The maximum absolute atomic E-state index is 9.97. The van der Waals surface area contributed by atoms with Crippen LogP contribution in [0.15, 0.2) is 0 Å². The number of hydrogen-bond donors (Lipinski definition) is 2. The minimum atomic E-state index is -0.801. The first-order chi connectivity index (χ1) is 3.42. The number of hydrogen-bond acceptors (Lipinski definition) is 2. The number of aliphatic carboxylic acids is 1. The average Bonchev–Trinajstić information content (AvgIpc) is 1.21. The molecule has 0 bridgehead atoms. The Morgan fingerprint density at radius 3 is 2.00 bits per heavy atom. The smallest absolute Gasteiger partial charge is 0.304 e. The molecule has 2 nitrogen and oxygen atoms in total. The van der Waals surface area contributed by atoms with Crippen LogP contribution in [0.1, 0.15) is 20.3 Å². The Bertz CT molecular complexity index is 97.6. The minimum Gasteiger partial charge on any atom is -0.481 e. The molecule has 0 radical (unpaired) electrons. The summed E-state index contributed by atoms with van der Waals surface area (Å²) in [7, 11) is 0. The van der Waals surface area contributed by atoms with Crippen molar-refractivity contribution in [1.29, 1.82) is 0 Å². The molecule has 0 aromatic rings. The Morgan fingerprint density at radius 2 is 2.00 bits per heavy atom. The van der Waals surface area contributed by atoms with Crippen molar-refractivity contribution in [2.24, 2.45) is 0 Å². The Hall–Kier alpha value is 0.110. The molecule has 0 unspecified atom stereocenters. The maximum Gasteiger partial charge on any atom is 0.304 e. The molecule has 0 spiro atoms. The summed E-state index contributed by atoms with van der Waals surface area (Å²) < 4.78 is -0.383. The molecule has 0 saturated heterocycles. The summed E-state index contributed by atoms with van der Waals surface area (Å²) in [6.07, 6.45) is 0.107. The van der Waals surface area contributed by atoms with Gasteiger partial charge in [-0.3, -0.25) is 4.79 Å².